The number of phenols is 1. The normalized spacial score (nSPS) is 11.2. The summed E-state index contributed by atoms with van der Waals surface area (Å²) in [7, 11) is 0. The van der Waals surface area contributed by atoms with Crippen molar-refractivity contribution in [1.29, 1.82) is 0 Å². The fraction of sp³-hybridized carbons (Fsp3) is 0.0667. The van der Waals surface area contributed by atoms with Crippen molar-refractivity contribution in [1.82, 2.24) is 5.43 Å². The molecule has 2 aromatic carbocycles. The van der Waals surface area contributed by atoms with Gasteiger partial charge in [-0.05, 0) is 37.3 Å². The lowest BCUT2D eigenvalue weighted by Gasteiger charge is -2.03. The van der Waals surface area contributed by atoms with Crippen LogP contribution in [0.4, 0.5) is 4.39 Å². The molecule has 0 heterocycles. The first-order chi connectivity index (χ1) is 9.56. The van der Waals surface area contributed by atoms with Gasteiger partial charge >= 0.3 is 0 Å². The molecule has 4 nitrogen and oxygen atoms in total. The molecule has 2 rings (SSSR count). The highest BCUT2D eigenvalue weighted by molar-refractivity contribution is 6.01. The van der Waals surface area contributed by atoms with Crippen molar-refractivity contribution < 1.29 is 14.3 Å². The van der Waals surface area contributed by atoms with Crippen molar-refractivity contribution in [2.24, 2.45) is 5.10 Å². The smallest absolute Gasteiger partial charge is 0.271 e. The average Bonchev–Trinajstić information content (AvgIpc) is 2.44. The minimum atomic E-state index is -0.496. The lowest BCUT2D eigenvalue weighted by atomic mass is 10.1. The van der Waals surface area contributed by atoms with E-state index >= 15 is 0 Å². The maximum atomic E-state index is 13.0. The highest BCUT2D eigenvalue weighted by Crippen LogP contribution is 2.11. The monoisotopic (exact) mass is 272 g/mol. The summed E-state index contributed by atoms with van der Waals surface area (Å²) < 4.78 is 13.0. The second kappa shape index (κ2) is 5.97. The SMILES string of the molecule is CC(=NNC(=O)c1cccc(F)c1)c1cccc(O)c1. The molecule has 1 amide bonds. The van der Waals surface area contributed by atoms with Gasteiger partial charge in [-0.15, -0.1) is 0 Å². The second-order valence-electron chi connectivity index (χ2n) is 4.20. The molecule has 0 saturated carbocycles. The third-order valence-electron chi connectivity index (χ3n) is 2.68. The molecule has 0 fully saturated rings. The largest absolute Gasteiger partial charge is 0.508 e. The van der Waals surface area contributed by atoms with Crippen LogP contribution in [0.5, 0.6) is 5.75 Å². The quantitative estimate of drug-likeness (QED) is 0.666. The summed E-state index contributed by atoms with van der Waals surface area (Å²) in [6.07, 6.45) is 0. The van der Waals surface area contributed by atoms with E-state index in [1.807, 2.05) is 0 Å². The zero-order chi connectivity index (χ0) is 14.5. The van der Waals surface area contributed by atoms with E-state index in [-0.39, 0.29) is 11.3 Å². The lowest BCUT2D eigenvalue weighted by Crippen LogP contribution is -2.19. The molecule has 0 spiro atoms. The summed E-state index contributed by atoms with van der Waals surface area (Å²) in [6.45, 7) is 1.70. The molecule has 0 bridgehead atoms. The highest BCUT2D eigenvalue weighted by Gasteiger charge is 2.06. The third-order valence-corrected chi connectivity index (χ3v) is 2.68. The predicted molar refractivity (Wildman–Crippen MR) is 74.2 cm³/mol. The summed E-state index contributed by atoms with van der Waals surface area (Å²) in [5.41, 5.74) is 3.75. The van der Waals surface area contributed by atoms with E-state index in [2.05, 4.69) is 10.5 Å². The molecule has 5 heteroatoms. The lowest BCUT2D eigenvalue weighted by molar-refractivity contribution is 0.0954. The summed E-state index contributed by atoms with van der Waals surface area (Å²) in [5, 5.41) is 13.3. The van der Waals surface area contributed by atoms with Crippen molar-refractivity contribution in [3.8, 4) is 5.75 Å². The number of benzene rings is 2. The first kappa shape index (κ1) is 13.7. The van der Waals surface area contributed by atoms with Crippen LogP contribution in [0.1, 0.15) is 22.8 Å². The van der Waals surface area contributed by atoms with Crippen LogP contribution in [0.3, 0.4) is 0 Å². The van der Waals surface area contributed by atoms with Crippen molar-refractivity contribution in [2.75, 3.05) is 0 Å². The number of nitrogens with zero attached hydrogens (tertiary/aromatic N) is 1. The highest BCUT2D eigenvalue weighted by atomic mass is 19.1. The molecule has 2 N–H and O–H groups in total. The number of carbonyl (C=O) groups is 1. The van der Waals surface area contributed by atoms with Gasteiger partial charge < -0.3 is 5.11 Å². The molecule has 20 heavy (non-hydrogen) atoms. The van der Waals surface area contributed by atoms with Crippen molar-refractivity contribution in [2.45, 2.75) is 6.92 Å². The summed E-state index contributed by atoms with van der Waals surface area (Å²) >= 11 is 0. The number of hydrazone groups is 1. The molecule has 0 unspecified atom stereocenters. The number of halogens is 1. The molecule has 0 radical (unpaired) electrons. The van der Waals surface area contributed by atoms with Crippen molar-refractivity contribution >= 4 is 11.6 Å². The van der Waals surface area contributed by atoms with E-state index in [9.17, 15) is 14.3 Å². The number of hydrogen-bond acceptors (Lipinski definition) is 3. The number of nitrogens with one attached hydrogen (secondary N) is 1. The molecule has 102 valence electrons. The molecule has 0 atom stereocenters. The fourth-order valence-corrected chi connectivity index (χ4v) is 1.62. The Morgan fingerprint density at radius 1 is 1.15 bits per heavy atom. The van der Waals surface area contributed by atoms with Crippen LogP contribution in [0.25, 0.3) is 0 Å². The number of carbonyl (C=O) groups excluding carboxylic acids is 1. The predicted octanol–water partition coefficient (Wildman–Crippen LogP) is 2.69. The van der Waals surface area contributed by atoms with Crippen LogP contribution in [0, 0.1) is 5.82 Å². The Hall–Kier alpha value is -2.69. The van der Waals surface area contributed by atoms with E-state index in [1.54, 1.807) is 25.1 Å². The van der Waals surface area contributed by atoms with Gasteiger partial charge in [-0.25, -0.2) is 9.82 Å². The molecular formula is C15H13FN2O2. The Morgan fingerprint density at radius 2 is 1.85 bits per heavy atom. The summed E-state index contributed by atoms with van der Waals surface area (Å²) in [5.74, 6) is -0.858. The molecule has 0 aliphatic rings. The minimum Gasteiger partial charge on any atom is -0.508 e. The zero-order valence-electron chi connectivity index (χ0n) is 10.8. The fourth-order valence-electron chi connectivity index (χ4n) is 1.62. The molecule has 0 aromatic heterocycles. The van der Waals surface area contributed by atoms with Crippen LogP contribution in [0.2, 0.25) is 0 Å². The van der Waals surface area contributed by atoms with Crippen LogP contribution in [0.15, 0.2) is 53.6 Å². The number of phenolic OH excluding ortho intramolecular Hbond substituents is 1. The molecule has 0 aliphatic carbocycles. The third kappa shape index (κ3) is 3.41. The molecular weight excluding hydrogens is 259 g/mol. The standard InChI is InChI=1S/C15H13FN2O2/c1-10(11-4-3-7-14(19)9-11)17-18-15(20)12-5-2-6-13(16)8-12/h2-9,19H,1H3,(H,18,20). The Kier molecular flexibility index (Phi) is 4.10. The van der Waals surface area contributed by atoms with Gasteiger partial charge in [0.25, 0.3) is 5.91 Å². The van der Waals surface area contributed by atoms with Crippen molar-refractivity contribution in [3.05, 3.63) is 65.5 Å². The Morgan fingerprint density at radius 3 is 2.55 bits per heavy atom. The number of hydrogen-bond donors (Lipinski definition) is 2. The van der Waals surface area contributed by atoms with Gasteiger partial charge in [-0.2, -0.15) is 5.10 Å². The molecule has 0 saturated heterocycles. The first-order valence-corrected chi connectivity index (χ1v) is 5.96. The van der Waals surface area contributed by atoms with Gasteiger partial charge in [0.2, 0.25) is 0 Å². The minimum absolute atomic E-state index is 0.119. The second-order valence-corrected chi connectivity index (χ2v) is 4.20. The van der Waals surface area contributed by atoms with Gasteiger partial charge in [-0.3, -0.25) is 4.79 Å². The van der Waals surface area contributed by atoms with Crippen molar-refractivity contribution in [3.63, 3.8) is 0 Å². The molecule has 2 aromatic rings. The van der Waals surface area contributed by atoms with Gasteiger partial charge in [0.1, 0.15) is 11.6 Å². The van der Waals surface area contributed by atoms with Gasteiger partial charge in [-0.1, -0.05) is 18.2 Å². The van der Waals surface area contributed by atoms with E-state index in [1.165, 1.54) is 24.3 Å². The maximum Gasteiger partial charge on any atom is 0.271 e. The van der Waals surface area contributed by atoms with Gasteiger partial charge in [0.05, 0.1) is 5.71 Å². The summed E-state index contributed by atoms with van der Waals surface area (Å²) in [6, 6.07) is 11.9. The van der Waals surface area contributed by atoms with Gasteiger partial charge in [0, 0.05) is 11.1 Å². The number of rotatable bonds is 3. The van der Waals surface area contributed by atoms with E-state index in [0.717, 1.165) is 6.07 Å². The van der Waals surface area contributed by atoms with E-state index in [0.29, 0.717) is 11.3 Å². The van der Waals surface area contributed by atoms with Crippen LogP contribution in [-0.2, 0) is 0 Å². The Labute approximate surface area is 115 Å². The first-order valence-electron chi connectivity index (χ1n) is 5.96. The zero-order valence-corrected chi connectivity index (χ0v) is 10.8. The topological polar surface area (TPSA) is 61.7 Å². The van der Waals surface area contributed by atoms with E-state index in [4.69, 9.17) is 0 Å². The Balaban J connectivity index is 2.11. The van der Waals surface area contributed by atoms with Crippen LogP contribution in [-0.4, -0.2) is 16.7 Å². The molecule has 0 aliphatic heterocycles. The Bertz CT molecular complexity index is 668. The van der Waals surface area contributed by atoms with E-state index < -0.39 is 11.7 Å². The number of amides is 1. The average molecular weight is 272 g/mol. The van der Waals surface area contributed by atoms with Crippen LogP contribution >= 0.6 is 0 Å². The maximum absolute atomic E-state index is 13.0. The summed E-state index contributed by atoms with van der Waals surface area (Å²) in [4.78, 5) is 11.8. The number of aromatic hydroxyl groups is 1. The van der Waals surface area contributed by atoms with Gasteiger partial charge in [0.15, 0.2) is 0 Å². The van der Waals surface area contributed by atoms with Crippen LogP contribution < -0.4 is 5.43 Å².